The number of nitrogens with zero attached hydrogens (tertiary/aromatic N) is 3. The number of H-pyrrole nitrogens is 1. The van der Waals surface area contributed by atoms with Crippen molar-refractivity contribution in [2.24, 2.45) is 16.8 Å². The fourth-order valence-electron chi connectivity index (χ4n) is 3.85. The molecule has 11 heteroatoms. The highest BCUT2D eigenvalue weighted by Gasteiger charge is 2.29. The van der Waals surface area contributed by atoms with Gasteiger partial charge in [0.1, 0.15) is 0 Å². The van der Waals surface area contributed by atoms with Gasteiger partial charge in [-0.3, -0.25) is 5.41 Å². The molecule has 146 valence electrons. The molecule has 1 saturated carbocycles. The molecule has 0 unspecified atom stereocenters. The lowest BCUT2D eigenvalue weighted by Crippen LogP contribution is -2.35. The molecule has 1 heterocycles. The largest absolute Gasteiger partial charge is 0.370 e. The Hall–Kier alpha value is -2.53. The Morgan fingerprint density at radius 1 is 1.33 bits per heavy atom. The van der Waals surface area contributed by atoms with Crippen molar-refractivity contribution in [2.75, 3.05) is 6.54 Å². The first-order valence-electron chi connectivity index (χ1n) is 8.75. The van der Waals surface area contributed by atoms with Crippen molar-refractivity contribution < 1.29 is 8.42 Å². The van der Waals surface area contributed by atoms with Crippen LogP contribution in [0.1, 0.15) is 42.7 Å². The number of aromatic nitrogens is 4. The molecule has 0 saturated heterocycles. The molecule has 2 aromatic rings. The van der Waals surface area contributed by atoms with Crippen molar-refractivity contribution in [1.82, 2.24) is 25.9 Å². The molecule has 1 aromatic carbocycles. The maximum Gasteiger partial charge on any atom is 0.239 e. The van der Waals surface area contributed by atoms with Gasteiger partial charge in [0.2, 0.25) is 10.0 Å². The first kappa shape index (κ1) is 19.2. The van der Waals surface area contributed by atoms with Gasteiger partial charge in [0.15, 0.2) is 11.8 Å². The van der Waals surface area contributed by atoms with Crippen molar-refractivity contribution in [3.8, 4) is 11.4 Å². The van der Waals surface area contributed by atoms with Crippen LogP contribution in [0.4, 0.5) is 0 Å². The lowest BCUT2D eigenvalue weighted by atomic mass is 9.77. The zero-order chi connectivity index (χ0) is 19.6. The highest BCUT2D eigenvalue weighted by Crippen LogP contribution is 2.42. The second-order valence-electron chi connectivity index (χ2n) is 6.98. The smallest absolute Gasteiger partial charge is 0.239 e. The van der Waals surface area contributed by atoms with Crippen LogP contribution >= 0.6 is 0 Å². The molecule has 3 rings (SSSR count). The summed E-state index contributed by atoms with van der Waals surface area (Å²) in [5.74, 6) is 0.898. The number of hydrogen-bond acceptors (Lipinski definition) is 6. The fourth-order valence-corrected chi connectivity index (χ4v) is 4.87. The Balaban J connectivity index is 1.94. The van der Waals surface area contributed by atoms with Gasteiger partial charge in [-0.05, 0) is 66.0 Å². The number of hydrogen-bond donors (Lipinski definition) is 5. The van der Waals surface area contributed by atoms with Crippen LogP contribution in [-0.2, 0) is 10.0 Å². The van der Waals surface area contributed by atoms with Crippen LogP contribution in [0, 0.1) is 18.3 Å². The van der Waals surface area contributed by atoms with Gasteiger partial charge in [-0.15, -0.1) is 5.10 Å². The Kier molecular flexibility index (Phi) is 5.42. The quantitative estimate of drug-likeness (QED) is 0.365. The van der Waals surface area contributed by atoms with Crippen LogP contribution in [-0.4, -0.2) is 41.5 Å². The second-order valence-corrected chi connectivity index (χ2v) is 8.48. The molecule has 1 aliphatic carbocycles. The van der Waals surface area contributed by atoms with Gasteiger partial charge < -0.3 is 11.1 Å². The molecule has 1 fully saturated rings. The molecule has 7 N–H and O–H groups in total. The van der Waals surface area contributed by atoms with Gasteiger partial charge in [-0.2, -0.15) is 0 Å². The van der Waals surface area contributed by atoms with E-state index in [0.29, 0.717) is 29.4 Å². The first-order valence-corrected chi connectivity index (χ1v) is 10.3. The predicted octanol–water partition coefficient (Wildman–Crippen LogP) is 0.579. The Labute approximate surface area is 157 Å². The third kappa shape index (κ3) is 4.25. The second kappa shape index (κ2) is 7.61. The Morgan fingerprint density at radius 2 is 2.04 bits per heavy atom. The lowest BCUT2D eigenvalue weighted by molar-refractivity contribution is 0.325. The minimum atomic E-state index is -3.94. The topological polar surface area (TPSA) is 177 Å². The molecule has 0 spiro atoms. The van der Waals surface area contributed by atoms with Crippen molar-refractivity contribution >= 4 is 16.0 Å². The number of benzene rings is 1. The van der Waals surface area contributed by atoms with E-state index in [-0.39, 0.29) is 16.8 Å². The molecule has 0 aliphatic heterocycles. The van der Waals surface area contributed by atoms with Gasteiger partial charge in [-0.1, -0.05) is 12.1 Å². The minimum Gasteiger partial charge on any atom is -0.370 e. The van der Waals surface area contributed by atoms with E-state index in [1.54, 1.807) is 13.0 Å². The summed E-state index contributed by atoms with van der Waals surface area (Å²) in [6, 6.07) is 3.73. The van der Waals surface area contributed by atoms with Crippen LogP contribution in [0.2, 0.25) is 0 Å². The van der Waals surface area contributed by atoms with Crippen LogP contribution in [0.3, 0.4) is 0 Å². The van der Waals surface area contributed by atoms with Gasteiger partial charge in [-0.25, -0.2) is 18.7 Å². The van der Waals surface area contributed by atoms with Gasteiger partial charge in [0.05, 0.1) is 4.90 Å². The molecule has 10 nitrogen and oxygen atoms in total. The standard InChI is InChI=1S/C16H24N8O2S/c1-9-2-7-12(11-5-3-10(4-6-11)8-20-16(17)18)13(14(9)27(19,25)26)15-21-23-24-22-15/h2,7,10-11H,3-6,8H2,1H3,(H4,17,18,20)(H2,19,25,26)(H,21,22,23,24)/t10-,11+. The van der Waals surface area contributed by atoms with Gasteiger partial charge in [0.25, 0.3) is 0 Å². The summed E-state index contributed by atoms with van der Waals surface area (Å²) in [6.45, 7) is 2.39. The fraction of sp³-hybridized carbons (Fsp3) is 0.500. The molecular weight excluding hydrogens is 368 g/mol. The zero-order valence-corrected chi connectivity index (χ0v) is 15.9. The monoisotopic (exact) mass is 392 g/mol. The molecule has 0 radical (unpaired) electrons. The van der Waals surface area contributed by atoms with Gasteiger partial charge >= 0.3 is 0 Å². The Morgan fingerprint density at radius 3 is 2.59 bits per heavy atom. The van der Waals surface area contributed by atoms with E-state index in [9.17, 15) is 8.42 Å². The summed E-state index contributed by atoms with van der Waals surface area (Å²) >= 11 is 0. The van der Waals surface area contributed by atoms with E-state index >= 15 is 0 Å². The maximum absolute atomic E-state index is 12.3. The SMILES string of the molecule is Cc1ccc([C@H]2CC[C@@H](CNC(=N)N)CC2)c(-c2nnn[nH]2)c1S(N)(=O)=O. The molecule has 1 aliphatic rings. The number of primary sulfonamides is 1. The molecule has 27 heavy (non-hydrogen) atoms. The van der Waals surface area contributed by atoms with E-state index in [0.717, 1.165) is 31.2 Å². The van der Waals surface area contributed by atoms with E-state index in [4.69, 9.17) is 16.3 Å². The highest BCUT2D eigenvalue weighted by atomic mass is 32.2. The lowest BCUT2D eigenvalue weighted by Gasteiger charge is -2.30. The zero-order valence-electron chi connectivity index (χ0n) is 15.1. The first-order chi connectivity index (χ1) is 12.8. The summed E-state index contributed by atoms with van der Waals surface area (Å²) in [5, 5.41) is 29.4. The van der Waals surface area contributed by atoms with Crippen molar-refractivity contribution in [3.05, 3.63) is 23.3 Å². The molecule has 0 bridgehead atoms. The Bertz CT molecular complexity index is 918. The normalized spacial score (nSPS) is 20.4. The number of tetrazole rings is 1. The third-order valence-corrected chi connectivity index (χ3v) is 6.22. The van der Waals surface area contributed by atoms with Crippen LogP contribution in [0.15, 0.2) is 17.0 Å². The van der Waals surface area contributed by atoms with Crippen molar-refractivity contribution in [2.45, 2.75) is 43.4 Å². The number of nitrogens with one attached hydrogen (secondary N) is 3. The summed E-state index contributed by atoms with van der Waals surface area (Å²) in [6.07, 6.45) is 3.70. The molecular formula is C16H24N8O2S. The number of sulfonamides is 1. The third-order valence-electron chi connectivity index (χ3n) is 5.12. The van der Waals surface area contributed by atoms with Crippen LogP contribution < -0.4 is 16.2 Å². The van der Waals surface area contributed by atoms with E-state index in [1.165, 1.54) is 0 Å². The average molecular weight is 392 g/mol. The van der Waals surface area contributed by atoms with E-state index in [1.807, 2.05) is 6.07 Å². The van der Waals surface area contributed by atoms with Crippen molar-refractivity contribution in [1.29, 1.82) is 5.41 Å². The minimum absolute atomic E-state index is 0.0199. The predicted molar refractivity (Wildman–Crippen MR) is 100 cm³/mol. The van der Waals surface area contributed by atoms with E-state index < -0.39 is 10.0 Å². The highest BCUT2D eigenvalue weighted by molar-refractivity contribution is 7.89. The van der Waals surface area contributed by atoms with Gasteiger partial charge in [0, 0.05) is 12.1 Å². The van der Waals surface area contributed by atoms with E-state index in [2.05, 4.69) is 25.9 Å². The molecule has 0 amide bonds. The number of aryl methyl sites for hydroxylation is 1. The summed E-state index contributed by atoms with van der Waals surface area (Å²) in [7, 11) is -3.94. The van der Waals surface area contributed by atoms with Crippen molar-refractivity contribution in [3.63, 3.8) is 0 Å². The average Bonchev–Trinajstić information content (AvgIpc) is 3.13. The summed E-state index contributed by atoms with van der Waals surface area (Å²) in [5.41, 5.74) is 7.27. The number of nitrogens with two attached hydrogens (primary N) is 2. The molecule has 0 atom stereocenters. The number of rotatable bonds is 5. The maximum atomic E-state index is 12.3. The van der Waals surface area contributed by atoms with Crippen LogP contribution in [0.25, 0.3) is 11.4 Å². The number of aromatic amines is 1. The summed E-state index contributed by atoms with van der Waals surface area (Å²) < 4.78 is 24.5. The molecule has 1 aromatic heterocycles. The number of guanidine groups is 1. The summed E-state index contributed by atoms with van der Waals surface area (Å²) in [4.78, 5) is 0.0684. The van der Waals surface area contributed by atoms with Crippen LogP contribution in [0.5, 0.6) is 0 Å².